The van der Waals surface area contributed by atoms with Crippen molar-refractivity contribution in [3.63, 3.8) is 0 Å². The SMILES string of the molecule is CCC(CC)CNC(=NC)NCCNS(=O)(=O)c1ccc(C)cc1.I. The first-order valence-corrected chi connectivity index (χ1v) is 9.92. The van der Waals surface area contributed by atoms with Gasteiger partial charge in [0.1, 0.15) is 0 Å². The molecule has 1 rings (SSSR count). The quantitative estimate of drug-likeness (QED) is 0.219. The summed E-state index contributed by atoms with van der Waals surface area (Å²) in [5.74, 6) is 1.31. The van der Waals surface area contributed by atoms with E-state index in [-0.39, 0.29) is 28.9 Å². The monoisotopic (exact) mass is 482 g/mol. The first-order valence-electron chi connectivity index (χ1n) is 8.43. The molecule has 0 amide bonds. The molecule has 8 heteroatoms. The predicted molar refractivity (Wildman–Crippen MR) is 115 cm³/mol. The number of guanidine groups is 1. The number of benzene rings is 1. The minimum absolute atomic E-state index is 0. The third-order valence-electron chi connectivity index (χ3n) is 3.98. The van der Waals surface area contributed by atoms with Crippen molar-refractivity contribution in [1.29, 1.82) is 0 Å². The number of hydrogen-bond donors (Lipinski definition) is 3. The van der Waals surface area contributed by atoms with E-state index in [0.29, 0.717) is 25.0 Å². The highest BCUT2D eigenvalue weighted by Gasteiger charge is 2.12. The standard InChI is InChI=1S/C17H30N4O2S.HI/c1-5-15(6-2)13-20-17(18-4)19-11-12-21-24(22,23)16-9-7-14(3)8-10-16;/h7-10,15,21H,5-6,11-13H2,1-4H3,(H2,18,19,20);1H. The molecule has 144 valence electrons. The number of halogens is 1. The van der Waals surface area contributed by atoms with Gasteiger partial charge in [0.15, 0.2) is 5.96 Å². The topological polar surface area (TPSA) is 82.6 Å². The molecule has 0 aromatic heterocycles. The van der Waals surface area contributed by atoms with Crippen LogP contribution in [0.25, 0.3) is 0 Å². The number of hydrogen-bond acceptors (Lipinski definition) is 3. The molecule has 0 fully saturated rings. The van der Waals surface area contributed by atoms with Gasteiger partial charge in [-0.2, -0.15) is 0 Å². The van der Waals surface area contributed by atoms with Crippen LogP contribution >= 0.6 is 24.0 Å². The number of nitrogens with zero attached hydrogens (tertiary/aromatic N) is 1. The molecular weight excluding hydrogens is 451 g/mol. The molecule has 0 aliphatic rings. The van der Waals surface area contributed by atoms with Crippen LogP contribution in [-0.2, 0) is 10.0 Å². The van der Waals surface area contributed by atoms with Crippen molar-refractivity contribution in [3.05, 3.63) is 29.8 Å². The van der Waals surface area contributed by atoms with Gasteiger partial charge in [0.05, 0.1) is 4.90 Å². The fourth-order valence-electron chi connectivity index (χ4n) is 2.21. The van der Waals surface area contributed by atoms with Crippen molar-refractivity contribution in [2.24, 2.45) is 10.9 Å². The molecule has 0 aliphatic heterocycles. The molecule has 0 saturated heterocycles. The second-order valence-electron chi connectivity index (χ2n) is 5.77. The Morgan fingerprint density at radius 2 is 1.68 bits per heavy atom. The molecule has 0 saturated carbocycles. The molecule has 3 N–H and O–H groups in total. The summed E-state index contributed by atoms with van der Waals surface area (Å²) in [6.45, 7) is 7.89. The fourth-order valence-corrected chi connectivity index (χ4v) is 3.24. The third-order valence-corrected chi connectivity index (χ3v) is 5.45. The van der Waals surface area contributed by atoms with Gasteiger partial charge in [-0.3, -0.25) is 4.99 Å². The van der Waals surface area contributed by atoms with Crippen LogP contribution in [0.15, 0.2) is 34.2 Å². The lowest BCUT2D eigenvalue weighted by Crippen LogP contribution is -2.43. The number of sulfonamides is 1. The average molecular weight is 482 g/mol. The van der Waals surface area contributed by atoms with Crippen LogP contribution in [-0.4, -0.2) is 41.1 Å². The molecule has 0 atom stereocenters. The molecule has 0 unspecified atom stereocenters. The Morgan fingerprint density at radius 1 is 1.08 bits per heavy atom. The van der Waals surface area contributed by atoms with Crippen LogP contribution in [0.2, 0.25) is 0 Å². The summed E-state index contributed by atoms with van der Waals surface area (Å²) in [5.41, 5.74) is 1.03. The number of aryl methyl sites for hydroxylation is 1. The Bertz CT molecular complexity index is 614. The minimum Gasteiger partial charge on any atom is -0.356 e. The lowest BCUT2D eigenvalue weighted by Gasteiger charge is -2.16. The lowest BCUT2D eigenvalue weighted by atomic mass is 10.0. The molecule has 0 aliphatic carbocycles. The van der Waals surface area contributed by atoms with Crippen LogP contribution < -0.4 is 15.4 Å². The molecule has 25 heavy (non-hydrogen) atoms. The zero-order valence-electron chi connectivity index (χ0n) is 15.5. The third kappa shape index (κ3) is 8.87. The molecule has 0 radical (unpaired) electrons. The van der Waals surface area contributed by atoms with Gasteiger partial charge in [-0.05, 0) is 25.0 Å². The lowest BCUT2D eigenvalue weighted by molar-refractivity contribution is 0.481. The number of rotatable bonds is 9. The van der Waals surface area contributed by atoms with Crippen molar-refractivity contribution in [3.8, 4) is 0 Å². The van der Waals surface area contributed by atoms with Gasteiger partial charge in [0.25, 0.3) is 0 Å². The van der Waals surface area contributed by atoms with Crippen LogP contribution in [0, 0.1) is 12.8 Å². The van der Waals surface area contributed by atoms with Gasteiger partial charge in [-0.25, -0.2) is 13.1 Å². The zero-order chi connectivity index (χ0) is 18.0. The van der Waals surface area contributed by atoms with Crippen LogP contribution in [0.3, 0.4) is 0 Å². The van der Waals surface area contributed by atoms with Gasteiger partial charge < -0.3 is 10.6 Å². The van der Waals surface area contributed by atoms with E-state index in [1.54, 1.807) is 31.3 Å². The molecule has 6 nitrogen and oxygen atoms in total. The van der Waals surface area contributed by atoms with Gasteiger partial charge in [0.2, 0.25) is 10.0 Å². The Balaban J connectivity index is 0.00000576. The Hall–Kier alpha value is -0.870. The maximum atomic E-state index is 12.2. The Labute approximate surface area is 169 Å². The maximum absolute atomic E-state index is 12.2. The van der Waals surface area contributed by atoms with Gasteiger partial charge in [0, 0.05) is 26.7 Å². The maximum Gasteiger partial charge on any atom is 0.240 e. The van der Waals surface area contributed by atoms with Crippen molar-refractivity contribution in [1.82, 2.24) is 15.4 Å². The smallest absolute Gasteiger partial charge is 0.240 e. The van der Waals surface area contributed by atoms with E-state index in [4.69, 9.17) is 0 Å². The predicted octanol–water partition coefficient (Wildman–Crippen LogP) is 2.49. The second-order valence-corrected chi connectivity index (χ2v) is 7.54. The van der Waals surface area contributed by atoms with Gasteiger partial charge in [-0.15, -0.1) is 24.0 Å². The van der Waals surface area contributed by atoms with E-state index >= 15 is 0 Å². The number of aliphatic imine (C=N–C) groups is 1. The van der Waals surface area contributed by atoms with E-state index < -0.39 is 10.0 Å². The van der Waals surface area contributed by atoms with Crippen molar-refractivity contribution >= 4 is 40.0 Å². The van der Waals surface area contributed by atoms with Gasteiger partial charge >= 0.3 is 0 Å². The van der Waals surface area contributed by atoms with Crippen LogP contribution in [0.4, 0.5) is 0 Å². The first kappa shape index (κ1) is 24.1. The molecule has 0 bridgehead atoms. The summed E-state index contributed by atoms with van der Waals surface area (Å²) in [7, 11) is -1.76. The van der Waals surface area contributed by atoms with E-state index in [2.05, 4.69) is 34.2 Å². The summed E-state index contributed by atoms with van der Waals surface area (Å²) < 4.78 is 26.9. The summed E-state index contributed by atoms with van der Waals surface area (Å²) in [5, 5.41) is 6.39. The summed E-state index contributed by atoms with van der Waals surface area (Å²) in [4.78, 5) is 4.43. The average Bonchev–Trinajstić information content (AvgIpc) is 2.57. The van der Waals surface area contributed by atoms with E-state index in [9.17, 15) is 8.42 Å². The Morgan fingerprint density at radius 3 is 2.20 bits per heavy atom. The Kier molecular flexibility index (Phi) is 12.0. The summed E-state index contributed by atoms with van der Waals surface area (Å²) in [6, 6.07) is 6.80. The highest BCUT2D eigenvalue weighted by Crippen LogP contribution is 2.09. The summed E-state index contributed by atoms with van der Waals surface area (Å²) in [6.07, 6.45) is 2.24. The van der Waals surface area contributed by atoms with E-state index in [0.717, 1.165) is 24.9 Å². The highest BCUT2D eigenvalue weighted by atomic mass is 127. The molecule has 1 aromatic rings. The zero-order valence-corrected chi connectivity index (χ0v) is 18.6. The second kappa shape index (κ2) is 12.5. The largest absolute Gasteiger partial charge is 0.356 e. The number of nitrogens with one attached hydrogen (secondary N) is 3. The summed E-state index contributed by atoms with van der Waals surface area (Å²) >= 11 is 0. The van der Waals surface area contributed by atoms with Crippen molar-refractivity contribution in [2.75, 3.05) is 26.7 Å². The minimum atomic E-state index is -3.47. The van der Waals surface area contributed by atoms with Crippen LogP contribution in [0.1, 0.15) is 32.3 Å². The molecular formula is C17H31IN4O2S. The van der Waals surface area contributed by atoms with Crippen LogP contribution in [0.5, 0.6) is 0 Å². The molecule has 1 aromatic carbocycles. The van der Waals surface area contributed by atoms with Crippen molar-refractivity contribution < 1.29 is 8.42 Å². The fraction of sp³-hybridized carbons (Fsp3) is 0.588. The first-order chi connectivity index (χ1) is 11.4. The van der Waals surface area contributed by atoms with Gasteiger partial charge in [-0.1, -0.05) is 44.4 Å². The normalized spacial score (nSPS) is 12.0. The molecule has 0 heterocycles. The highest BCUT2D eigenvalue weighted by molar-refractivity contribution is 14.0. The molecule has 0 spiro atoms. The van der Waals surface area contributed by atoms with E-state index in [1.807, 2.05) is 6.92 Å². The van der Waals surface area contributed by atoms with Crippen molar-refractivity contribution in [2.45, 2.75) is 38.5 Å². The van der Waals surface area contributed by atoms with E-state index in [1.165, 1.54) is 0 Å².